The SMILES string of the molecule is CC(C)[C@@H](Nc1ccc(CNC(=O)[C@@H]2SCCN2C(=O)C[C@H](N)Cc2cc(F)c(F)cc2F)cc1C(F)(F)F)C(=O)O. The van der Waals surface area contributed by atoms with E-state index in [0.29, 0.717) is 17.9 Å². The fourth-order valence-corrected chi connectivity index (χ4v) is 5.54. The number of carbonyl (C=O) groups is 3. The Labute approximate surface area is 242 Å². The van der Waals surface area contributed by atoms with E-state index in [1.807, 2.05) is 0 Å². The van der Waals surface area contributed by atoms with E-state index in [4.69, 9.17) is 5.73 Å². The molecule has 2 aromatic carbocycles. The van der Waals surface area contributed by atoms with Crippen LogP contribution in [-0.4, -0.2) is 57.5 Å². The highest BCUT2D eigenvalue weighted by molar-refractivity contribution is 8.00. The first kappa shape index (κ1) is 33.0. The number of carboxylic acids is 1. The third-order valence-electron chi connectivity index (χ3n) is 6.54. The molecule has 0 saturated carbocycles. The van der Waals surface area contributed by atoms with Crippen molar-refractivity contribution in [2.75, 3.05) is 17.6 Å². The molecule has 230 valence electrons. The molecule has 3 rings (SSSR count). The third-order valence-corrected chi connectivity index (χ3v) is 7.75. The van der Waals surface area contributed by atoms with Crippen molar-refractivity contribution in [1.29, 1.82) is 0 Å². The zero-order chi connectivity index (χ0) is 31.4. The summed E-state index contributed by atoms with van der Waals surface area (Å²) in [5.74, 6) is -6.20. The minimum absolute atomic E-state index is 0.0918. The lowest BCUT2D eigenvalue weighted by molar-refractivity contribution is -0.140. The standard InChI is InChI=1S/C27H30F6N4O4S/c1-13(2)23(26(40)41)36-21-4-3-14(7-17(21)27(31,32)33)12-35-24(39)25-37(5-6-42-25)22(38)10-16(34)8-15-9-19(29)20(30)11-18(15)28/h3-4,7,9,11,13,16,23,25,36H,5-6,8,10,12,34H2,1-2H3,(H,35,39)(H,40,41)/t16-,23-,25+/m1/s1. The zero-order valence-electron chi connectivity index (χ0n) is 22.6. The van der Waals surface area contributed by atoms with E-state index in [0.717, 1.165) is 23.9 Å². The average Bonchev–Trinajstić information content (AvgIpc) is 3.39. The van der Waals surface area contributed by atoms with Gasteiger partial charge in [0.2, 0.25) is 5.91 Å². The number of hydrogen-bond acceptors (Lipinski definition) is 6. The van der Waals surface area contributed by atoms with E-state index in [1.54, 1.807) is 13.8 Å². The topological polar surface area (TPSA) is 125 Å². The molecular weight excluding hydrogens is 590 g/mol. The highest BCUT2D eigenvalue weighted by Gasteiger charge is 2.37. The maximum atomic E-state index is 14.0. The summed E-state index contributed by atoms with van der Waals surface area (Å²) in [6.07, 6.45) is -5.39. The smallest absolute Gasteiger partial charge is 0.418 e. The molecule has 3 atom stereocenters. The number of thioether (sulfide) groups is 1. The highest BCUT2D eigenvalue weighted by atomic mass is 32.2. The average molecular weight is 621 g/mol. The molecule has 2 aromatic rings. The lowest BCUT2D eigenvalue weighted by atomic mass is 10.0. The van der Waals surface area contributed by atoms with Crippen LogP contribution in [-0.2, 0) is 33.5 Å². The number of nitrogens with zero attached hydrogens (tertiary/aromatic N) is 1. The molecule has 0 radical (unpaired) electrons. The number of benzene rings is 2. The molecule has 0 unspecified atom stereocenters. The van der Waals surface area contributed by atoms with Gasteiger partial charge in [0, 0.05) is 43.1 Å². The number of alkyl halides is 3. The van der Waals surface area contributed by atoms with Crippen molar-refractivity contribution < 1.29 is 45.8 Å². The van der Waals surface area contributed by atoms with Crippen LogP contribution in [0.1, 0.15) is 37.0 Å². The van der Waals surface area contributed by atoms with Crippen LogP contribution in [0.25, 0.3) is 0 Å². The molecule has 1 saturated heterocycles. The molecule has 1 fully saturated rings. The van der Waals surface area contributed by atoms with Gasteiger partial charge in [0.1, 0.15) is 11.9 Å². The predicted molar refractivity (Wildman–Crippen MR) is 144 cm³/mol. The number of hydrogen-bond donors (Lipinski definition) is 4. The fourth-order valence-electron chi connectivity index (χ4n) is 4.38. The molecule has 2 amide bonds. The first-order valence-electron chi connectivity index (χ1n) is 12.9. The molecule has 8 nitrogen and oxygen atoms in total. The maximum Gasteiger partial charge on any atom is 0.418 e. The molecule has 1 heterocycles. The lowest BCUT2D eigenvalue weighted by Crippen LogP contribution is -2.46. The van der Waals surface area contributed by atoms with Gasteiger partial charge in [-0.3, -0.25) is 9.59 Å². The first-order chi connectivity index (χ1) is 19.6. The Morgan fingerprint density at radius 1 is 1.10 bits per heavy atom. The van der Waals surface area contributed by atoms with Crippen molar-refractivity contribution in [2.24, 2.45) is 11.7 Å². The lowest BCUT2D eigenvalue weighted by Gasteiger charge is -2.25. The summed E-state index contributed by atoms with van der Waals surface area (Å²) in [6.45, 7) is 2.99. The van der Waals surface area contributed by atoms with Crippen molar-refractivity contribution in [1.82, 2.24) is 10.2 Å². The Hall–Kier alpha value is -3.46. The van der Waals surface area contributed by atoms with E-state index >= 15 is 0 Å². The van der Waals surface area contributed by atoms with E-state index in [-0.39, 0.29) is 37.1 Å². The van der Waals surface area contributed by atoms with Gasteiger partial charge in [-0.05, 0) is 41.7 Å². The molecule has 15 heteroatoms. The molecule has 0 aromatic heterocycles. The van der Waals surface area contributed by atoms with Crippen molar-refractivity contribution in [3.05, 3.63) is 64.5 Å². The summed E-state index contributed by atoms with van der Waals surface area (Å²) in [5.41, 5.74) is 4.32. The molecule has 0 spiro atoms. The number of nitrogens with one attached hydrogen (secondary N) is 2. The summed E-state index contributed by atoms with van der Waals surface area (Å²) in [5, 5.41) is 13.3. The van der Waals surface area contributed by atoms with Gasteiger partial charge in [0.05, 0.1) is 5.56 Å². The van der Waals surface area contributed by atoms with Crippen LogP contribution in [0.2, 0.25) is 0 Å². The van der Waals surface area contributed by atoms with Crippen LogP contribution in [0.3, 0.4) is 0 Å². The highest BCUT2D eigenvalue weighted by Crippen LogP contribution is 2.36. The van der Waals surface area contributed by atoms with Gasteiger partial charge in [-0.25, -0.2) is 18.0 Å². The van der Waals surface area contributed by atoms with Crippen LogP contribution < -0.4 is 16.4 Å². The number of halogens is 6. The van der Waals surface area contributed by atoms with E-state index in [2.05, 4.69) is 10.6 Å². The Morgan fingerprint density at radius 2 is 1.76 bits per heavy atom. The number of carbonyl (C=O) groups excluding carboxylic acids is 2. The maximum absolute atomic E-state index is 14.0. The monoisotopic (exact) mass is 620 g/mol. The van der Waals surface area contributed by atoms with Gasteiger partial charge in [0.25, 0.3) is 5.91 Å². The predicted octanol–water partition coefficient (Wildman–Crippen LogP) is 4.12. The Kier molecular flexibility index (Phi) is 10.8. The number of carboxylic acid groups (broad SMARTS) is 1. The number of rotatable bonds is 11. The first-order valence-corrected chi connectivity index (χ1v) is 13.9. The largest absolute Gasteiger partial charge is 0.480 e. The Bertz CT molecular complexity index is 1330. The van der Waals surface area contributed by atoms with Crippen molar-refractivity contribution >= 4 is 35.2 Å². The van der Waals surface area contributed by atoms with Crippen molar-refractivity contribution in [3.63, 3.8) is 0 Å². The summed E-state index contributed by atoms with van der Waals surface area (Å²) >= 11 is 1.14. The van der Waals surface area contributed by atoms with Crippen molar-refractivity contribution in [2.45, 2.75) is 56.9 Å². The molecule has 5 N–H and O–H groups in total. The molecule has 1 aliphatic heterocycles. The van der Waals surface area contributed by atoms with Gasteiger partial charge < -0.3 is 26.4 Å². The summed E-state index contributed by atoms with van der Waals surface area (Å²) < 4.78 is 81.9. The van der Waals surface area contributed by atoms with Crippen LogP contribution in [0, 0.1) is 23.4 Å². The van der Waals surface area contributed by atoms with E-state index < -0.39 is 76.0 Å². The van der Waals surface area contributed by atoms with Crippen LogP contribution >= 0.6 is 11.8 Å². The third kappa shape index (κ3) is 8.31. The quantitative estimate of drug-likeness (QED) is 0.220. The second-order valence-corrected chi connectivity index (χ2v) is 11.3. The fraction of sp³-hybridized carbons (Fsp3) is 0.444. The minimum Gasteiger partial charge on any atom is -0.480 e. The van der Waals surface area contributed by atoms with Crippen LogP contribution in [0.5, 0.6) is 0 Å². The second kappa shape index (κ2) is 13.7. The van der Waals surface area contributed by atoms with Crippen molar-refractivity contribution in [3.8, 4) is 0 Å². The molecule has 42 heavy (non-hydrogen) atoms. The zero-order valence-corrected chi connectivity index (χ0v) is 23.4. The van der Waals surface area contributed by atoms with Crippen LogP contribution in [0.15, 0.2) is 30.3 Å². The second-order valence-electron chi connectivity index (χ2n) is 10.1. The summed E-state index contributed by atoms with van der Waals surface area (Å²) in [7, 11) is 0. The van der Waals surface area contributed by atoms with Gasteiger partial charge >= 0.3 is 12.1 Å². The van der Waals surface area contributed by atoms with Crippen LogP contribution in [0.4, 0.5) is 32.0 Å². The normalized spacial score (nSPS) is 16.8. The van der Waals surface area contributed by atoms with Gasteiger partial charge in [0.15, 0.2) is 17.0 Å². The van der Waals surface area contributed by atoms with E-state index in [1.165, 1.54) is 11.0 Å². The van der Waals surface area contributed by atoms with Gasteiger partial charge in [-0.2, -0.15) is 13.2 Å². The van der Waals surface area contributed by atoms with Gasteiger partial charge in [-0.15, -0.1) is 11.8 Å². The Morgan fingerprint density at radius 3 is 2.38 bits per heavy atom. The van der Waals surface area contributed by atoms with Gasteiger partial charge in [-0.1, -0.05) is 19.9 Å². The minimum atomic E-state index is -4.81. The Balaban J connectivity index is 1.64. The number of anilines is 1. The van der Waals surface area contributed by atoms with E-state index in [9.17, 15) is 45.8 Å². The number of nitrogens with two attached hydrogens (primary N) is 1. The molecule has 1 aliphatic rings. The number of aliphatic carboxylic acids is 1. The molecular formula is C27H30F6N4O4S. The summed E-state index contributed by atoms with van der Waals surface area (Å²) in [4.78, 5) is 38.5. The molecule has 0 bridgehead atoms. The molecule has 0 aliphatic carbocycles. The number of amides is 2. The summed E-state index contributed by atoms with van der Waals surface area (Å²) in [6, 6.07) is 2.05.